The molecule has 3 aromatic rings. The molecule has 1 aromatic carbocycles. The van der Waals surface area contributed by atoms with E-state index in [1.165, 1.54) is 0 Å². The Morgan fingerprint density at radius 3 is 3.04 bits per heavy atom. The molecule has 0 aliphatic carbocycles. The number of hydrogen-bond acceptors (Lipinski definition) is 3. The summed E-state index contributed by atoms with van der Waals surface area (Å²) in [4.78, 5) is 19.3. The summed E-state index contributed by atoms with van der Waals surface area (Å²) in [6.07, 6.45) is 6.63. The monoisotopic (exact) mass is 336 g/mol. The topological polar surface area (TPSA) is 81.6 Å². The average molecular weight is 337 g/mol. The summed E-state index contributed by atoms with van der Waals surface area (Å²) in [6, 6.07) is 11.0. The smallest absolute Gasteiger partial charge is 0.262 e. The Bertz CT molecular complexity index is 954. The molecular weight excluding hydrogens is 324 g/mol. The Hall–Kier alpha value is -3.10. The number of aromatic amines is 1. The minimum atomic E-state index is -0.426. The summed E-state index contributed by atoms with van der Waals surface area (Å²) in [5.41, 5.74) is 2.51. The van der Waals surface area contributed by atoms with Crippen molar-refractivity contribution in [1.29, 1.82) is 5.26 Å². The largest absolute Gasteiger partial charge is 0.361 e. The van der Waals surface area contributed by atoms with Gasteiger partial charge in [-0.3, -0.25) is 9.78 Å². The fourth-order valence-corrected chi connectivity index (χ4v) is 2.50. The van der Waals surface area contributed by atoms with Crippen LogP contribution >= 0.6 is 11.6 Å². The third-order valence-corrected chi connectivity index (χ3v) is 3.75. The highest BCUT2D eigenvalue weighted by Crippen LogP contribution is 2.23. The van der Waals surface area contributed by atoms with Crippen molar-refractivity contribution in [3.8, 4) is 6.07 Å². The molecule has 3 rings (SSSR count). The predicted octanol–water partition coefficient (Wildman–Crippen LogP) is 3.44. The number of rotatable bonds is 4. The molecule has 1 amide bonds. The Morgan fingerprint density at radius 2 is 2.29 bits per heavy atom. The molecule has 0 aliphatic heterocycles. The number of H-pyrrole nitrogens is 1. The minimum Gasteiger partial charge on any atom is -0.361 e. The zero-order valence-corrected chi connectivity index (χ0v) is 13.3. The van der Waals surface area contributed by atoms with Crippen LogP contribution in [0.3, 0.4) is 0 Å². The lowest BCUT2D eigenvalue weighted by molar-refractivity contribution is -0.117. The number of hydrogen-bond donors (Lipinski definition) is 2. The Balaban J connectivity index is 1.80. The third kappa shape index (κ3) is 3.45. The van der Waals surface area contributed by atoms with Crippen molar-refractivity contribution in [3.05, 3.63) is 70.6 Å². The van der Waals surface area contributed by atoms with Crippen molar-refractivity contribution < 1.29 is 4.79 Å². The van der Waals surface area contributed by atoms with Gasteiger partial charge in [-0.05, 0) is 29.8 Å². The second-order valence-corrected chi connectivity index (χ2v) is 5.58. The maximum absolute atomic E-state index is 12.2. The summed E-state index contributed by atoms with van der Waals surface area (Å²) < 4.78 is 0. The van der Waals surface area contributed by atoms with E-state index in [9.17, 15) is 10.1 Å². The number of aromatic nitrogens is 2. The van der Waals surface area contributed by atoms with E-state index in [0.717, 1.165) is 22.0 Å². The summed E-state index contributed by atoms with van der Waals surface area (Å²) in [5.74, 6) is -0.426. The second kappa shape index (κ2) is 6.99. The molecule has 0 saturated carbocycles. The van der Waals surface area contributed by atoms with E-state index in [0.29, 0.717) is 11.6 Å². The molecule has 6 heteroatoms. The minimum absolute atomic E-state index is 0.0368. The van der Waals surface area contributed by atoms with Gasteiger partial charge in [0.2, 0.25) is 0 Å². The first-order valence-electron chi connectivity index (χ1n) is 7.23. The summed E-state index contributed by atoms with van der Waals surface area (Å²) in [5, 5.41) is 13.5. The molecule has 0 atom stereocenters. The van der Waals surface area contributed by atoms with E-state index in [1.807, 2.05) is 18.2 Å². The summed E-state index contributed by atoms with van der Waals surface area (Å²) in [7, 11) is 0. The molecule has 2 heterocycles. The van der Waals surface area contributed by atoms with Gasteiger partial charge in [0.1, 0.15) is 11.6 Å². The standard InChI is InChI=1S/C18H13ClN4O/c19-15-3-4-16-14(11-22-17(16)7-15)6-13(8-20)18(24)23-10-12-2-1-5-21-9-12/h1-7,9,11,22H,10H2,(H,23,24). The Kier molecular flexibility index (Phi) is 4.59. The molecule has 118 valence electrons. The third-order valence-electron chi connectivity index (χ3n) is 3.52. The van der Waals surface area contributed by atoms with Gasteiger partial charge >= 0.3 is 0 Å². The lowest BCUT2D eigenvalue weighted by Gasteiger charge is -2.03. The zero-order valence-electron chi connectivity index (χ0n) is 12.6. The van der Waals surface area contributed by atoms with Crippen LogP contribution in [-0.4, -0.2) is 15.9 Å². The van der Waals surface area contributed by atoms with Gasteiger partial charge in [0.05, 0.1) is 0 Å². The second-order valence-electron chi connectivity index (χ2n) is 5.15. The van der Waals surface area contributed by atoms with E-state index in [4.69, 9.17) is 11.6 Å². The predicted molar refractivity (Wildman–Crippen MR) is 93.0 cm³/mol. The highest BCUT2D eigenvalue weighted by atomic mass is 35.5. The number of amides is 1. The van der Waals surface area contributed by atoms with E-state index in [2.05, 4.69) is 15.3 Å². The molecule has 0 spiro atoms. The van der Waals surface area contributed by atoms with Crippen molar-refractivity contribution in [2.75, 3.05) is 0 Å². The van der Waals surface area contributed by atoms with E-state index in [1.54, 1.807) is 42.9 Å². The van der Waals surface area contributed by atoms with Gasteiger partial charge in [0, 0.05) is 46.6 Å². The molecule has 24 heavy (non-hydrogen) atoms. The number of carbonyl (C=O) groups is 1. The Labute approximate surface area is 143 Å². The lowest BCUT2D eigenvalue weighted by Crippen LogP contribution is -2.23. The van der Waals surface area contributed by atoms with Gasteiger partial charge in [-0.25, -0.2) is 0 Å². The number of halogens is 1. The van der Waals surface area contributed by atoms with E-state index >= 15 is 0 Å². The summed E-state index contributed by atoms with van der Waals surface area (Å²) in [6.45, 7) is 0.315. The molecule has 0 radical (unpaired) electrons. The van der Waals surface area contributed by atoms with Crippen molar-refractivity contribution in [3.63, 3.8) is 0 Å². The lowest BCUT2D eigenvalue weighted by atomic mass is 10.1. The van der Waals surface area contributed by atoms with E-state index in [-0.39, 0.29) is 5.57 Å². The number of pyridine rings is 1. The van der Waals surface area contributed by atoms with Crippen molar-refractivity contribution >= 4 is 34.5 Å². The van der Waals surface area contributed by atoms with Crippen LogP contribution in [-0.2, 0) is 11.3 Å². The van der Waals surface area contributed by atoms with Crippen molar-refractivity contribution in [1.82, 2.24) is 15.3 Å². The van der Waals surface area contributed by atoms with Gasteiger partial charge in [0.15, 0.2) is 0 Å². The molecule has 2 aromatic heterocycles. The highest BCUT2D eigenvalue weighted by Gasteiger charge is 2.10. The first-order chi connectivity index (χ1) is 11.7. The molecule has 0 bridgehead atoms. The van der Waals surface area contributed by atoms with Crippen LogP contribution in [0.4, 0.5) is 0 Å². The fraction of sp³-hybridized carbons (Fsp3) is 0.0556. The molecule has 0 fully saturated rings. The van der Waals surface area contributed by atoms with Crippen LogP contribution in [0.5, 0.6) is 0 Å². The SMILES string of the molecule is N#CC(=Cc1c[nH]c2cc(Cl)ccc12)C(=O)NCc1cccnc1. The number of nitrogens with zero attached hydrogens (tertiary/aromatic N) is 2. The number of nitrogens with one attached hydrogen (secondary N) is 2. The van der Waals surface area contributed by atoms with Crippen LogP contribution < -0.4 is 5.32 Å². The van der Waals surface area contributed by atoms with Gasteiger partial charge in [0.25, 0.3) is 5.91 Å². The van der Waals surface area contributed by atoms with Gasteiger partial charge in [-0.1, -0.05) is 23.7 Å². The quantitative estimate of drug-likeness (QED) is 0.565. The Morgan fingerprint density at radius 1 is 1.42 bits per heavy atom. The molecule has 0 saturated heterocycles. The number of carbonyl (C=O) groups excluding carboxylic acids is 1. The summed E-state index contributed by atoms with van der Waals surface area (Å²) >= 11 is 5.95. The average Bonchev–Trinajstić information content (AvgIpc) is 3.00. The first kappa shape index (κ1) is 15.8. The van der Waals surface area contributed by atoms with Crippen LogP contribution in [0.15, 0.2) is 54.5 Å². The number of nitriles is 1. The first-order valence-corrected chi connectivity index (χ1v) is 7.60. The van der Waals surface area contributed by atoms with Crippen LogP contribution in [0.25, 0.3) is 17.0 Å². The molecular formula is C18H13ClN4O. The fourth-order valence-electron chi connectivity index (χ4n) is 2.32. The maximum atomic E-state index is 12.2. The van der Waals surface area contributed by atoms with Gasteiger partial charge in [-0.15, -0.1) is 0 Å². The normalized spacial score (nSPS) is 11.2. The van der Waals surface area contributed by atoms with Crippen LogP contribution in [0, 0.1) is 11.3 Å². The van der Waals surface area contributed by atoms with Crippen LogP contribution in [0.2, 0.25) is 5.02 Å². The molecule has 0 unspecified atom stereocenters. The highest BCUT2D eigenvalue weighted by molar-refractivity contribution is 6.31. The van der Waals surface area contributed by atoms with Crippen molar-refractivity contribution in [2.24, 2.45) is 0 Å². The van der Waals surface area contributed by atoms with Gasteiger partial charge in [-0.2, -0.15) is 5.26 Å². The van der Waals surface area contributed by atoms with Gasteiger partial charge < -0.3 is 10.3 Å². The van der Waals surface area contributed by atoms with Crippen molar-refractivity contribution in [2.45, 2.75) is 6.54 Å². The zero-order chi connectivity index (χ0) is 16.9. The van der Waals surface area contributed by atoms with E-state index < -0.39 is 5.91 Å². The molecule has 0 aliphatic rings. The molecule has 2 N–H and O–H groups in total. The maximum Gasteiger partial charge on any atom is 0.262 e. The molecule has 5 nitrogen and oxygen atoms in total. The number of fused-ring (bicyclic) bond motifs is 1. The van der Waals surface area contributed by atoms with Crippen LogP contribution in [0.1, 0.15) is 11.1 Å². The number of benzene rings is 1.